The minimum absolute atomic E-state index is 0.132. The molecule has 26 heavy (non-hydrogen) atoms. The van der Waals surface area contributed by atoms with Crippen molar-refractivity contribution in [3.05, 3.63) is 34.9 Å². The van der Waals surface area contributed by atoms with Crippen molar-refractivity contribution < 1.29 is 15.0 Å². The van der Waals surface area contributed by atoms with Gasteiger partial charge in [0.1, 0.15) is 11.7 Å². The number of amides is 1. The quantitative estimate of drug-likeness (QED) is 0.724. The highest BCUT2D eigenvalue weighted by molar-refractivity contribution is 6.30. The van der Waals surface area contributed by atoms with Crippen molar-refractivity contribution in [3.8, 4) is 0 Å². The van der Waals surface area contributed by atoms with Gasteiger partial charge in [0.25, 0.3) is 5.91 Å². The lowest BCUT2D eigenvalue weighted by atomic mass is 9.87. The van der Waals surface area contributed by atoms with Crippen LogP contribution in [-0.2, 0) is 0 Å². The lowest BCUT2D eigenvalue weighted by Crippen LogP contribution is -2.61. The maximum absolute atomic E-state index is 12.6. The van der Waals surface area contributed by atoms with E-state index in [1.54, 1.807) is 29.2 Å². The number of halogens is 1. The second kappa shape index (κ2) is 8.23. The minimum Gasteiger partial charge on any atom is -0.388 e. The number of nitrogens with one attached hydrogen (secondary N) is 1. The van der Waals surface area contributed by atoms with Crippen molar-refractivity contribution >= 4 is 17.5 Å². The Morgan fingerprint density at radius 2 is 1.92 bits per heavy atom. The van der Waals surface area contributed by atoms with Gasteiger partial charge in [-0.1, -0.05) is 11.6 Å². The smallest absolute Gasteiger partial charge is 0.253 e. The minimum atomic E-state index is -1.19. The van der Waals surface area contributed by atoms with Crippen LogP contribution in [0.5, 0.6) is 0 Å². The van der Waals surface area contributed by atoms with Crippen LogP contribution in [0.15, 0.2) is 24.3 Å². The number of rotatable bonds is 4. The third kappa shape index (κ3) is 4.56. The molecule has 3 N–H and O–H groups in total. The lowest BCUT2D eigenvalue weighted by molar-refractivity contribution is -0.111. The molecule has 0 saturated carbocycles. The number of likely N-dealkylation sites (tertiary alicyclic amines) is 2. The van der Waals surface area contributed by atoms with E-state index < -0.39 is 11.7 Å². The molecule has 3 rings (SSSR count). The zero-order chi connectivity index (χ0) is 18.7. The van der Waals surface area contributed by atoms with Gasteiger partial charge < -0.3 is 25.3 Å². The van der Waals surface area contributed by atoms with Gasteiger partial charge in [0.05, 0.1) is 0 Å². The molecule has 1 aromatic rings. The van der Waals surface area contributed by atoms with Crippen molar-refractivity contribution in [2.75, 3.05) is 39.8 Å². The molecular formula is C19H28ClN3O3. The Bertz CT molecular complexity index is 619. The third-order valence-electron chi connectivity index (χ3n) is 5.62. The highest BCUT2D eigenvalue weighted by Crippen LogP contribution is 2.24. The number of hydrogen-bond acceptors (Lipinski definition) is 5. The maximum atomic E-state index is 12.6. The number of carbonyl (C=O) groups excluding carboxylic acids is 1. The summed E-state index contributed by atoms with van der Waals surface area (Å²) in [7, 11) is 2.11. The average molecular weight is 382 g/mol. The first-order valence-electron chi connectivity index (χ1n) is 9.24. The summed E-state index contributed by atoms with van der Waals surface area (Å²) >= 11 is 5.86. The van der Waals surface area contributed by atoms with Crippen LogP contribution < -0.4 is 5.32 Å². The summed E-state index contributed by atoms with van der Waals surface area (Å²) in [6, 6.07) is 7.09. The van der Waals surface area contributed by atoms with E-state index >= 15 is 0 Å². The molecule has 0 radical (unpaired) electrons. The SMILES string of the molecule is CN1CCC(NC[C@@]2(O)CCN(C(=O)c3ccc(Cl)cc3)C[C@@H]2O)CC1. The Hall–Kier alpha value is -1.18. The summed E-state index contributed by atoms with van der Waals surface area (Å²) in [5.41, 5.74) is -0.656. The first-order chi connectivity index (χ1) is 12.4. The Morgan fingerprint density at radius 3 is 2.54 bits per heavy atom. The number of nitrogens with zero attached hydrogens (tertiary/aromatic N) is 2. The highest BCUT2D eigenvalue weighted by Gasteiger charge is 2.42. The van der Waals surface area contributed by atoms with Crippen LogP contribution in [0, 0.1) is 0 Å². The van der Waals surface area contributed by atoms with Gasteiger partial charge in [-0.2, -0.15) is 0 Å². The van der Waals surface area contributed by atoms with Crippen molar-refractivity contribution in [1.29, 1.82) is 0 Å². The molecule has 0 bridgehead atoms. The number of aliphatic hydroxyl groups is 2. The fraction of sp³-hybridized carbons (Fsp3) is 0.632. The zero-order valence-electron chi connectivity index (χ0n) is 15.2. The molecule has 0 unspecified atom stereocenters. The van der Waals surface area contributed by atoms with E-state index in [1.165, 1.54) is 0 Å². The fourth-order valence-corrected chi connectivity index (χ4v) is 3.79. The van der Waals surface area contributed by atoms with E-state index in [1.807, 2.05) is 0 Å². The zero-order valence-corrected chi connectivity index (χ0v) is 16.0. The van der Waals surface area contributed by atoms with Gasteiger partial charge in [-0.05, 0) is 63.7 Å². The summed E-state index contributed by atoms with van der Waals surface area (Å²) in [6.07, 6.45) is 1.48. The molecule has 2 aliphatic heterocycles. The first kappa shape index (κ1) is 19.6. The van der Waals surface area contributed by atoms with E-state index in [0.717, 1.165) is 25.9 Å². The van der Waals surface area contributed by atoms with Gasteiger partial charge in [-0.25, -0.2) is 0 Å². The van der Waals surface area contributed by atoms with Crippen molar-refractivity contribution in [3.63, 3.8) is 0 Å². The van der Waals surface area contributed by atoms with Gasteiger partial charge in [0, 0.05) is 36.3 Å². The summed E-state index contributed by atoms with van der Waals surface area (Å²) in [4.78, 5) is 16.5. The molecule has 2 aliphatic rings. The van der Waals surface area contributed by atoms with Gasteiger partial charge in [-0.15, -0.1) is 0 Å². The first-order valence-corrected chi connectivity index (χ1v) is 9.62. The molecule has 2 fully saturated rings. The Balaban J connectivity index is 1.53. The average Bonchev–Trinajstić information content (AvgIpc) is 2.64. The van der Waals surface area contributed by atoms with Crippen molar-refractivity contribution in [2.45, 2.75) is 37.0 Å². The second-order valence-corrected chi connectivity index (χ2v) is 8.02. The largest absolute Gasteiger partial charge is 0.388 e. The van der Waals surface area contributed by atoms with E-state index in [9.17, 15) is 15.0 Å². The summed E-state index contributed by atoms with van der Waals surface area (Å²) < 4.78 is 0. The van der Waals surface area contributed by atoms with Gasteiger partial charge in [0.2, 0.25) is 0 Å². The molecule has 2 saturated heterocycles. The third-order valence-corrected chi connectivity index (χ3v) is 5.87. The van der Waals surface area contributed by atoms with E-state index in [2.05, 4.69) is 17.3 Å². The predicted molar refractivity (Wildman–Crippen MR) is 101 cm³/mol. The normalized spacial score (nSPS) is 28.3. The van der Waals surface area contributed by atoms with Crippen LogP contribution >= 0.6 is 11.6 Å². The predicted octanol–water partition coefficient (Wildman–Crippen LogP) is 0.962. The molecule has 0 spiro atoms. The van der Waals surface area contributed by atoms with Gasteiger partial charge in [0.15, 0.2) is 0 Å². The van der Waals surface area contributed by atoms with E-state index in [-0.39, 0.29) is 12.5 Å². The topological polar surface area (TPSA) is 76.0 Å². The molecule has 1 amide bonds. The van der Waals surface area contributed by atoms with Crippen LogP contribution in [0.1, 0.15) is 29.6 Å². The summed E-state index contributed by atoms with van der Waals surface area (Å²) in [6.45, 7) is 2.99. The fourth-order valence-electron chi connectivity index (χ4n) is 3.66. The lowest BCUT2D eigenvalue weighted by Gasteiger charge is -2.43. The van der Waals surface area contributed by atoms with Crippen LogP contribution in [0.25, 0.3) is 0 Å². The highest BCUT2D eigenvalue weighted by atomic mass is 35.5. The van der Waals surface area contributed by atoms with E-state index in [4.69, 9.17) is 11.6 Å². The molecule has 2 atom stereocenters. The Kier molecular flexibility index (Phi) is 6.20. The Labute approximate surface area is 159 Å². The summed E-state index contributed by atoms with van der Waals surface area (Å²) in [5.74, 6) is -0.147. The monoisotopic (exact) mass is 381 g/mol. The van der Waals surface area contributed by atoms with E-state index in [0.29, 0.717) is 36.1 Å². The molecule has 1 aromatic carbocycles. The molecule has 0 aliphatic carbocycles. The number of carbonyl (C=O) groups is 1. The van der Waals surface area contributed by atoms with Gasteiger partial charge in [-0.3, -0.25) is 4.79 Å². The van der Waals surface area contributed by atoms with Crippen LogP contribution in [-0.4, -0.2) is 83.4 Å². The Morgan fingerprint density at radius 1 is 1.27 bits per heavy atom. The maximum Gasteiger partial charge on any atom is 0.253 e. The number of benzene rings is 1. The molecule has 144 valence electrons. The van der Waals surface area contributed by atoms with Crippen LogP contribution in [0.4, 0.5) is 0 Å². The molecule has 2 heterocycles. The molecule has 0 aromatic heterocycles. The second-order valence-electron chi connectivity index (χ2n) is 7.59. The number of piperidine rings is 2. The summed E-state index contributed by atoms with van der Waals surface area (Å²) in [5, 5.41) is 25.3. The van der Waals surface area contributed by atoms with Gasteiger partial charge >= 0.3 is 0 Å². The van der Waals surface area contributed by atoms with Crippen molar-refractivity contribution in [2.24, 2.45) is 0 Å². The van der Waals surface area contributed by atoms with Crippen molar-refractivity contribution in [1.82, 2.24) is 15.1 Å². The molecule has 6 nitrogen and oxygen atoms in total. The van der Waals surface area contributed by atoms with Crippen LogP contribution in [0.3, 0.4) is 0 Å². The number of aliphatic hydroxyl groups excluding tert-OH is 1. The molecule has 7 heteroatoms. The number of β-amino-alcohol motifs (C(OH)–C–C–N with tert-alkyl or cyclic N) is 1. The standard InChI is InChI=1S/C19H28ClN3O3/c1-22-9-6-16(7-10-22)21-13-19(26)8-11-23(12-17(19)24)18(25)14-2-4-15(20)5-3-14/h2-5,16-17,21,24,26H,6-13H2,1H3/t17-,19-/m0/s1. The van der Waals surface area contributed by atoms with Crippen LogP contribution in [0.2, 0.25) is 5.02 Å². The number of hydrogen-bond donors (Lipinski definition) is 3. The molecular weight excluding hydrogens is 354 g/mol.